The summed E-state index contributed by atoms with van der Waals surface area (Å²) in [6, 6.07) is 0. The molecular weight excluding hydrogens is 312 g/mol. The summed E-state index contributed by atoms with van der Waals surface area (Å²) in [6.07, 6.45) is 1.21. The van der Waals surface area contributed by atoms with Gasteiger partial charge in [0, 0.05) is 17.9 Å². The van der Waals surface area contributed by atoms with Gasteiger partial charge in [-0.05, 0) is 37.9 Å². The van der Waals surface area contributed by atoms with E-state index in [9.17, 15) is 14.7 Å². The van der Waals surface area contributed by atoms with Gasteiger partial charge in [-0.25, -0.2) is 0 Å². The minimum atomic E-state index is -2.02. The van der Waals surface area contributed by atoms with Gasteiger partial charge in [-0.15, -0.1) is 0 Å². The van der Waals surface area contributed by atoms with Gasteiger partial charge < -0.3 is 19.1 Å². The number of aliphatic hydroxyl groups is 1. The van der Waals surface area contributed by atoms with E-state index in [1.807, 2.05) is 0 Å². The predicted molar refractivity (Wildman–Crippen MR) is 91.6 cm³/mol. The van der Waals surface area contributed by atoms with Crippen molar-refractivity contribution in [3.8, 4) is 0 Å². The van der Waals surface area contributed by atoms with Gasteiger partial charge in [-0.1, -0.05) is 20.8 Å². The van der Waals surface area contributed by atoms with Crippen LogP contribution in [0, 0.1) is 11.8 Å². The van der Waals surface area contributed by atoms with E-state index in [0.29, 0.717) is 19.4 Å². The minimum Gasteiger partial charge on any atom is -0.466 e. The minimum absolute atomic E-state index is 0.0498. The van der Waals surface area contributed by atoms with Crippen molar-refractivity contribution in [1.82, 2.24) is 0 Å². The molecule has 6 heteroatoms. The SMILES string of the molecule is CCOC(=O)C[C@@H]1[C@@H](C=O)[C@@H](O)CC[C@@H]1O[Si](C)(C)C(C)(C)C. The third kappa shape index (κ3) is 5.13. The first kappa shape index (κ1) is 20.3. The van der Waals surface area contributed by atoms with Crippen LogP contribution in [0.25, 0.3) is 0 Å². The number of hydrogen-bond donors (Lipinski definition) is 1. The summed E-state index contributed by atoms with van der Waals surface area (Å²) in [5, 5.41) is 10.2. The molecule has 0 heterocycles. The van der Waals surface area contributed by atoms with Gasteiger partial charge >= 0.3 is 5.97 Å². The third-order valence-corrected chi connectivity index (χ3v) is 9.78. The number of carbonyl (C=O) groups excluding carboxylic acids is 2. The van der Waals surface area contributed by atoms with Gasteiger partial charge in [0.05, 0.1) is 19.1 Å². The van der Waals surface area contributed by atoms with E-state index in [2.05, 4.69) is 33.9 Å². The fraction of sp³-hybridized carbons (Fsp3) is 0.882. The first-order valence-corrected chi connectivity index (χ1v) is 11.4. The fourth-order valence-corrected chi connectivity index (χ4v) is 4.25. The molecule has 0 amide bonds. The Labute approximate surface area is 140 Å². The Morgan fingerprint density at radius 1 is 1.30 bits per heavy atom. The topological polar surface area (TPSA) is 72.8 Å². The van der Waals surface area contributed by atoms with Crippen LogP contribution in [0.2, 0.25) is 18.1 Å². The maximum absolute atomic E-state index is 11.9. The van der Waals surface area contributed by atoms with Crippen LogP contribution in [0.1, 0.15) is 47.0 Å². The molecule has 23 heavy (non-hydrogen) atoms. The van der Waals surface area contributed by atoms with E-state index >= 15 is 0 Å². The average Bonchev–Trinajstić information content (AvgIpc) is 2.41. The molecule has 0 aromatic heterocycles. The Bertz CT molecular complexity index is 416. The standard InChI is InChI=1S/C17H32O5Si/c1-7-21-16(20)10-12-13(11-18)14(19)8-9-15(12)22-23(5,6)17(2,3)4/h11-15,19H,7-10H2,1-6H3/t12-,13-,14+,15+/m1/s1. The summed E-state index contributed by atoms with van der Waals surface area (Å²) >= 11 is 0. The van der Waals surface area contributed by atoms with Gasteiger partial charge in [0.15, 0.2) is 8.32 Å². The van der Waals surface area contributed by atoms with Crippen LogP contribution in [-0.2, 0) is 18.8 Å². The molecule has 0 aliphatic heterocycles. The van der Waals surface area contributed by atoms with Gasteiger partial charge in [0.25, 0.3) is 0 Å². The molecule has 0 radical (unpaired) electrons. The zero-order valence-corrected chi connectivity index (χ0v) is 16.3. The molecule has 5 nitrogen and oxygen atoms in total. The Morgan fingerprint density at radius 3 is 2.39 bits per heavy atom. The molecule has 1 aliphatic carbocycles. The van der Waals surface area contributed by atoms with Crippen LogP contribution in [0.15, 0.2) is 0 Å². The van der Waals surface area contributed by atoms with Crippen molar-refractivity contribution in [2.45, 2.75) is 77.3 Å². The van der Waals surface area contributed by atoms with Crippen molar-refractivity contribution >= 4 is 20.6 Å². The van der Waals surface area contributed by atoms with Crippen molar-refractivity contribution in [3.63, 3.8) is 0 Å². The van der Waals surface area contributed by atoms with Crippen LogP contribution in [0.3, 0.4) is 0 Å². The number of aldehydes is 1. The highest BCUT2D eigenvalue weighted by Gasteiger charge is 2.46. The second-order valence-corrected chi connectivity index (χ2v) is 12.7. The van der Waals surface area contributed by atoms with Crippen molar-refractivity contribution in [1.29, 1.82) is 0 Å². The van der Waals surface area contributed by atoms with E-state index in [0.717, 1.165) is 6.29 Å². The van der Waals surface area contributed by atoms with Crippen LogP contribution in [0.5, 0.6) is 0 Å². The molecule has 4 atom stereocenters. The van der Waals surface area contributed by atoms with Gasteiger partial charge in [0.2, 0.25) is 0 Å². The Hall–Kier alpha value is -0.723. The summed E-state index contributed by atoms with van der Waals surface area (Å²) in [5.74, 6) is -1.21. The number of aliphatic hydroxyl groups excluding tert-OH is 1. The Balaban J connectivity index is 2.97. The van der Waals surface area contributed by atoms with Crippen molar-refractivity contribution < 1.29 is 23.9 Å². The average molecular weight is 345 g/mol. The molecule has 1 rings (SSSR count). The first-order chi connectivity index (χ1) is 10.5. The smallest absolute Gasteiger partial charge is 0.306 e. The maximum atomic E-state index is 11.9. The third-order valence-electron chi connectivity index (χ3n) is 5.28. The fourth-order valence-electron chi connectivity index (χ4n) is 2.85. The lowest BCUT2D eigenvalue weighted by molar-refractivity contribution is -0.148. The van der Waals surface area contributed by atoms with Crippen molar-refractivity contribution in [2.75, 3.05) is 6.61 Å². The molecule has 134 valence electrons. The Kier molecular flexibility index (Phi) is 6.98. The molecule has 0 aromatic rings. The van der Waals surface area contributed by atoms with E-state index in [-0.39, 0.29) is 29.5 Å². The monoisotopic (exact) mass is 344 g/mol. The highest BCUT2D eigenvalue weighted by molar-refractivity contribution is 6.74. The molecule has 1 N–H and O–H groups in total. The number of esters is 1. The van der Waals surface area contributed by atoms with Gasteiger partial charge in [-0.3, -0.25) is 4.79 Å². The predicted octanol–water partition coefficient (Wildman–Crippen LogP) is 2.92. The molecule has 0 spiro atoms. The van der Waals surface area contributed by atoms with Crippen molar-refractivity contribution in [2.24, 2.45) is 11.8 Å². The van der Waals surface area contributed by atoms with Crippen LogP contribution in [-0.4, -0.2) is 44.5 Å². The lowest BCUT2D eigenvalue weighted by Gasteiger charge is -2.45. The lowest BCUT2D eigenvalue weighted by atomic mass is 9.74. The van der Waals surface area contributed by atoms with E-state index < -0.39 is 20.3 Å². The van der Waals surface area contributed by atoms with Gasteiger partial charge in [-0.2, -0.15) is 0 Å². The number of hydrogen-bond acceptors (Lipinski definition) is 5. The molecule has 0 unspecified atom stereocenters. The van der Waals surface area contributed by atoms with E-state index in [4.69, 9.17) is 9.16 Å². The second-order valence-electron chi connectivity index (χ2n) is 7.95. The number of carbonyl (C=O) groups is 2. The summed E-state index contributed by atoms with van der Waals surface area (Å²) < 4.78 is 11.5. The highest BCUT2D eigenvalue weighted by Crippen LogP contribution is 2.42. The number of rotatable bonds is 6. The largest absolute Gasteiger partial charge is 0.466 e. The molecule has 1 aliphatic rings. The molecule has 0 saturated heterocycles. The molecule has 0 bridgehead atoms. The molecule has 1 fully saturated rings. The summed E-state index contributed by atoms with van der Waals surface area (Å²) in [6.45, 7) is 12.9. The summed E-state index contributed by atoms with van der Waals surface area (Å²) in [5.41, 5.74) is 0. The van der Waals surface area contributed by atoms with Gasteiger partial charge in [0.1, 0.15) is 6.29 Å². The number of ether oxygens (including phenoxy) is 1. The Morgan fingerprint density at radius 2 is 1.91 bits per heavy atom. The molecule has 0 aromatic carbocycles. The summed E-state index contributed by atoms with van der Waals surface area (Å²) in [4.78, 5) is 23.4. The quantitative estimate of drug-likeness (QED) is 0.456. The van der Waals surface area contributed by atoms with Crippen LogP contribution in [0.4, 0.5) is 0 Å². The van der Waals surface area contributed by atoms with Crippen LogP contribution < -0.4 is 0 Å². The molecular formula is C17H32O5Si. The van der Waals surface area contributed by atoms with E-state index in [1.165, 1.54) is 0 Å². The zero-order valence-electron chi connectivity index (χ0n) is 15.3. The maximum Gasteiger partial charge on any atom is 0.306 e. The zero-order chi connectivity index (χ0) is 17.8. The van der Waals surface area contributed by atoms with E-state index in [1.54, 1.807) is 6.92 Å². The normalized spacial score (nSPS) is 29.2. The molecule has 1 saturated carbocycles. The highest BCUT2D eigenvalue weighted by atomic mass is 28.4. The van der Waals surface area contributed by atoms with Crippen molar-refractivity contribution in [3.05, 3.63) is 0 Å². The van der Waals surface area contributed by atoms with Crippen LogP contribution >= 0.6 is 0 Å². The second kappa shape index (κ2) is 7.90. The summed E-state index contributed by atoms with van der Waals surface area (Å²) in [7, 11) is -2.02. The first-order valence-electron chi connectivity index (χ1n) is 8.50. The lowest BCUT2D eigenvalue weighted by Crippen LogP contribution is -2.51.